The molecule has 0 bridgehead atoms. The van der Waals surface area contributed by atoms with Crippen molar-refractivity contribution in [3.8, 4) is 11.1 Å². The molecule has 0 aliphatic heterocycles. The summed E-state index contributed by atoms with van der Waals surface area (Å²) in [5.41, 5.74) is 9.14. The van der Waals surface area contributed by atoms with E-state index in [2.05, 4.69) is 10.3 Å². The zero-order valence-electron chi connectivity index (χ0n) is 16.4. The fourth-order valence-electron chi connectivity index (χ4n) is 3.85. The van der Waals surface area contributed by atoms with Crippen LogP contribution < -0.4 is 11.1 Å². The van der Waals surface area contributed by atoms with Crippen LogP contribution in [0, 0.1) is 0 Å². The summed E-state index contributed by atoms with van der Waals surface area (Å²) < 4.78 is 6.96. The molecule has 150 valence electrons. The van der Waals surface area contributed by atoms with Crippen LogP contribution in [0.15, 0.2) is 55.0 Å². The third-order valence-electron chi connectivity index (χ3n) is 5.45. The van der Waals surface area contributed by atoms with Crippen molar-refractivity contribution < 1.29 is 9.53 Å². The fourth-order valence-corrected chi connectivity index (χ4v) is 3.85. The normalized spacial score (nSPS) is 19.0. The fraction of sp³-hybridized carbons (Fsp3) is 0.318. The van der Waals surface area contributed by atoms with Gasteiger partial charge in [0.05, 0.1) is 36.8 Å². The van der Waals surface area contributed by atoms with Gasteiger partial charge in [-0.25, -0.2) is 9.48 Å². The van der Waals surface area contributed by atoms with Crippen molar-refractivity contribution in [1.29, 1.82) is 0 Å². The number of aromatic nitrogens is 3. The second-order valence-corrected chi connectivity index (χ2v) is 7.32. The first-order valence-corrected chi connectivity index (χ1v) is 9.85. The molecule has 0 atom stereocenters. The van der Waals surface area contributed by atoms with Crippen LogP contribution in [0.4, 0.5) is 11.5 Å². The molecule has 2 heterocycles. The number of anilines is 2. The lowest BCUT2D eigenvalue weighted by Crippen LogP contribution is -2.28. The first-order chi connectivity index (χ1) is 14.2. The maximum Gasteiger partial charge on any atom is 0.340 e. The number of benzene rings is 1. The number of nitrogens with zero attached hydrogens (tertiary/aromatic N) is 3. The molecule has 1 aliphatic rings. The molecule has 4 rings (SSSR count). The van der Waals surface area contributed by atoms with E-state index >= 15 is 0 Å². The number of hydrogen-bond acceptors (Lipinski definition) is 6. The number of carbonyl (C=O) groups excluding carboxylic acids is 1. The van der Waals surface area contributed by atoms with Gasteiger partial charge in [-0.2, -0.15) is 5.10 Å². The van der Waals surface area contributed by atoms with Gasteiger partial charge >= 0.3 is 5.97 Å². The molecule has 3 aromatic rings. The number of rotatable bonds is 5. The van der Waals surface area contributed by atoms with Crippen LogP contribution in [0.1, 0.15) is 42.1 Å². The van der Waals surface area contributed by atoms with Crippen molar-refractivity contribution >= 4 is 17.5 Å². The number of esters is 1. The van der Waals surface area contributed by atoms with Crippen LogP contribution in [0.5, 0.6) is 0 Å². The van der Waals surface area contributed by atoms with Crippen LogP contribution in [0.3, 0.4) is 0 Å². The number of nitrogens with one attached hydrogen (secondary N) is 1. The summed E-state index contributed by atoms with van der Waals surface area (Å²) in [6.45, 7) is 0. The van der Waals surface area contributed by atoms with Crippen LogP contribution in [0.25, 0.3) is 11.1 Å². The molecular weight excluding hydrogens is 366 g/mol. The minimum absolute atomic E-state index is 0.257. The van der Waals surface area contributed by atoms with Crippen molar-refractivity contribution in [3.63, 3.8) is 0 Å². The highest BCUT2D eigenvalue weighted by Crippen LogP contribution is 2.37. The molecule has 1 aliphatic carbocycles. The summed E-state index contributed by atoms with van der Waals surface area (Å²) in [7, 11) is 1.37. The van der Waals surface area contributed by atoms with E-state index in [1.807, 2.05) is 41.2 Å². The zero-order valence-corrected chi connectivity index (χ0v) is 16.4. The van der Waals surface area contributed by atoms with E-state index in [4.69, 9.17) is 15.6 Å². The van der Waals surface area contributed by atoms with Crippen LogP contribution in [-0.2, 0) is 4.74 Å². The summed E-state index contributed by atoms with van der Waals surface area (Å²) in [5.74, 6) is 0.431. The Morgan fingerprint density at radius 2 is 1.90 bits per heavy atom. The van der Waals surface area contributed by atoms with Crippen molar-refractivity contribution in [2.75, 3.05) is 12.4 Å². The van der Waals surface area contributed by atoms with Crippen LogP contribution in [-0.4, -0.2) is 33.9 Å². The molecule has 0 unspecified atom stereocenters. The SMILES string of the molecule is COC(=O)c1ccncc1Nc1c(-c2ccccc2)cnn1[C@H]1CC[C@@H](N)CC1. The highest BCUT2D eigenvalue weighted by Gasteiger charge is 2.25. The van der Waals surface area contributed by atoms with Gasteiger partial charge in [0.2, 0.25) is 0 Å². The average Bonchev–Trinajstić information content (AvgIpc) is 3.18. The molecular formula is C22H25N5O2. The molecule has 3 N–H and O–H groups in total. The molecule has 0 saturated heterocycles. The summed E-state index contributed by atoms with van der Waals surface area (Å²) >= 11 is 0. The van der Waals surface area contributed by atoms with E-state index in [0.29, 0.717) is 11.3 Å². The third-order valence-corrected chi connectivity index (χ3v) is 5.45. The highest BCUT2D eigenvalue weighted by molar-refractivity contribution is 5.96. The van der Waals surface area contributed by atoms with Gasteiger partial charge in [0, 0.05) is 17.8 Å². The monoisotopic (exact) mass is 391 g/mol. The van der Waals surface area contributed by atoms with E-state index in [-0.39, 0.29) is 12.1 Å². The standard InChI is InChI=1S/C22H25N5O2/c1-29-22(28)18-11-12-24-14-20(18)26-21-19(15-5-3-2-4-6-15)13-25-27(21)17-9-7-16(23)8-10-17/h2-6,11-14,16-17,26H,7-10,23H2,1H3/t16-,17+. The number of carbonyl (C=O) groups is 1. The first-order valence-electron chi connectivity index (χ1n) is 9.85. The van der Waals surface area contributed by atoms with Crippen molar-refractivity contribution in [3.05, 3.63) is 60.6 Å². The van der Waals surface area contributed by atoms with Crippen molar-refractivity contribution in [2.24, 2.45) is 5.73 Å². The summed E-state index contributed by atoms with van der Waals surface area (Å²) in [4.78, 5) is 16.4. The minimum atomic E-state index is -0.411. The van der Waals surface area contributed by atoms with Gasteiger partial charge in [-0.3, -0.25) is 4.98 Å². The summed E-state index contributed by atoms with van der Waals surface area (Å²) in [6.07, 6.45) is 8.99. The maximum atomic E-state index is 12.2. The van der Waals surface area contributed by atoms with E-state index < -0.39 is 5.97 Å². The number of methoxy groups -OCH3 is 1. The molecule has 7 nitrogen and oxygen atoms in total. The van der Waals surface area contributed by atoms with E-state index in [9.17, 15) is 4.79 Å². The van der Waals surface area contributed by atoms with Gasteiger partial charge in [-0.1, -0.05) is 30.3 Å². The topological polar surface area (TPSA) is 95.1 Å². The molecule has 0 amide bonds. The Labute approximate surface area is 169 Å². The zero-order chi connectivity index (χ0) is 20.2. The van der Waals surface area contributed by atoms with Crippen LogP contribution in [0.2, 0.25) is 0 Å². The lowest BCUT2D eigenvalue weighted by molar-refractivity contribution is 0.0601. The maximum absolute atomic E-state index is 12.2. The summed E-state index contributed by atoms with van der Waals surface area (Å²) in [6, 6.07) is 12.3. The first kappa shape index (κ1) is 19.1. The summed E-state index contributed by atoms with van der Waals surface area (Å²) in [5, 5.41) is 8.13. The molecule has 1 aromatic carbocycles. The molecule has 2 aromatic heterocycles. The van der Waals surface area contributed by atoms with Gasteiger partial charge in [0.1, 0.15) is 5.82 Å². The molecule has 7 heteroatoms. The Kier molecular flexibility index (Phi) is 5.57. The predicted molar refractivity (Wildman–Crippen MR) is 112 cm³/mol. The van der Waals surface area contributed by atoms with Gasteiger partial charge in [-0.15, -0.1) is 0 Å². The Hall–Kier alpha value is -3.19. The van der Waals surface area contributed by atoms with Gasteiger partial charge in [0.25, 0.3) is 0 Å². The molecule has 0 spiro atoms. The molecule has 1 fully saturated rings. The smallest absolute Gasteiger partial charge is 0.340 e. The number of nitrogens with two attached hydrogens (primary N) is 1. The lowest BCUT2D eigenvalue weighted by atomic mass is 9.92. The number of ether oxygens (including phenoxy) is 1. The Balaban J connectivity index is 1.76. The van der Waals surface area contributed by atoms with E-state index in [1.54, 1.807) is 18.5 Å². The molecule has 1 saturated carbocycles. The quantitative estimate of drug-likeness (QED) is 0.640. The van der Waals surface area contributed by atoms with Gasteiger partial charge in [-0.05, 0) is 37.3 Å². The third kappa shape index (κ3) is 4.00. The lowest BCUT2D eigenvalue weighted by Gasteiger charge is -2.28. The predicted octanol–water partition coefficient (Wildman–Crippen LogP) is 3.92. The van der Waals surface area contributed by atoms with Crippen molar-refractivity contribution in [2.45, 2.75) is 37.8 Å². The van der Waals surface area contributed by atoms with Crippen molar-refractivity contribution in [1.82, 2.24) is 14.8 Å². The minimum Gasteiger partial charge on any atom is -0.465 e. The Morgan fingerprint density at radius 1 is 1.14 bits per heavy atom. The van der Waals surface area contributed by atoms with E-state index in [0.717, 1.165) is 42.6 Å². The number of hydrogen-bond donors (Lipinski definition) is 2. The Morgan fingerprint density at radius 3 is 2.62 bits per heavy atom. The van der Waals surface area contributed by atoms with Crippen LogP contribution >= 0.6 is 0 Å². The average molecular weight is 391 g/mol. The highest BCUT2D eigenvalue weighted by atomic mass is 16.5. The number of pyridine rings is 1. The molecule has 29 heavy (non-hydrogen) atoms. The van der Waals surface area contributed by atoms with E-state index in [1.165, 1.54) is 7.11 Å². The van der Waals surface area contributed by atoms with Gasteiger partial charge < -0.3 is 15.8 Å². The Bertz CT molecular complexity index is 978. The molecule has 0 radical (unpaired) electrons. The second kappa shape index (κ2) is 8.45. The second-order valence-electron chi connectivity index (χ2n) is 7.32. The van der Waals surface area contributed by atoms with Gasteiger partial charge in [0.15, 0.2) is 0 Å². The largest absolute Gasteiger partial charge is 0.465 e.